The Balaban J connectivity index is 2.47. The number of halogens is 3. The van der Waals surface area contributed by atoms with E-state index in [0.717, 1.165) is 11.8 Å². The van der Waals surface area contributed by atoms with E-state index in [1.165, 1.54) is 12.1 Å². The van der Waals surface area contributed by atoms with E-state index in [4.69, 9.17) is 39.5 Å². The smallest absolute Gasteiger partial charge is 0.201 e. The lowest BCUT2D eigenvalue weighted by Gasteiger charge is -2.25. The monoisotopic (exact) mass is 392 g/mol. The number of methoxy groups -OCH3 is 1. The van der Waals surface area contributed by atoms with Crippen LogP contribution in [0.15, 0.2) is 53.4 Å². The van der Waals surface area contributed by atoms with E-state index in [-0.39, 0.29) is 4.90 Å². The van der Waals surface area contributed by atoms with Crippen molar-refractivity contribution in [1.29, 1.82) is 0 Å². The van der Waals surface area contributed by atoms with Crippen molar-refractivity contribution in [3.8, 4) is 5.75 Å². The van der Waals surface area contributed by atoms with Crippen molar-refractivity contribution in [2.24, 2.45) is 0 Å². The lowest BCUT2D eigenvalue weighted by Crippen LogP contribution is -2.18. The van der Waals surface area contributed by atoms with Gasteiger partial charge in [0.05, 0.1) is 17.9 Å². The van der Waals surface area contributed by atoms with Gasteiger partial charge in [-0.1, -0.05) is 59.1 Å². The topological polar surface area (TPSA) is 43.4 Å². The molecule has 2 rings (SSSR count). The number of rotatable bonds is 4. The van der Waals surface area contributed by atoms with Crippen LogP contribution in [0.5, 0.6) is 5.75 Å². The zero-order valence-electron chi connectivity index (χ0n) is 12.5. The molecule has 0 heterocycles. The van der Waals surface area contributed by atoms with Gasteiger partial charge in [-0.3, -0.25) is 0 Å². The Hall–Kier alpha value is -0.940. The van der Waals surface area contributed by atoms with E-state index in [1.54, 1.807) is 31.4 Å². The quantitative estimate of drug-likeness (QED) is 0.713. The van der Waals surface area contributed by atoms with Crippen LogP contribution in [0, 0.1) is 0 Å². The first kappa shape index (κ1) is 18.4. The van der Waals surface area contributed by atoms with Gasteiger partial charge in [0.1, 0.15) is 5.75 Å². The molecule has 0 amide bonds. The second-order valence-electron chi connectivity index (χ2n) is 5.09. The maximum atomic E-state index is 11.6. The minimum absolute atomic E-state index is 0.221. The molecule has 1 atom stereocenters. The second-order valence-corrected chi connectivity index (χ2v) is 9.47. The molecule has 0 unspecified atom stereocenters. The van der Waals surface area contributed by atoms with Gasteiger partial charge in [0.25, 0.3) is 0 Å². The van der Waals surface area contributed by atoms with Crippen molar-refractivity contribution in [2.45, 2.75) is 14.6 Å². The number of ether oxygens (including phenoxy) is 1. The third kappa shape index (κ3) is 4.54. The molecule has 3 nitrogen and oxygen atoms in total. The van der Waals surface area contributed by atoms with E-state index in [0.29, 0.717) is 11.3 Å². The summed E-state index contributed by atoms with van der Waals surface area (Å²) in [6, 6.07) is 13.5. The summed E-state index contributed by atoms with van der Waals surface area (Å²) in [6.07, 6.45) is 1.15. The van der Waals surface area contributed by atoms with Crippen molar-refractivity contribution < 1.29 is 13.2 Å². The van der Waals surface area contributed by atoms with Crippen LogP contribution >= 0.6 is 34.8 Å². The molecule has 7 heteroatoms. The van der Waals surface area contributed by atoms with Gasteiger partial charge in [-0.2, -0.15) is 0 Å². The number of sulfone groups is 1. The number of hydrogen-bond acceptors (Lipinski definition) is 3. The van der Waals surface area contributed by atoms with Crippen LogP contribution in [0.4, 0.5) is 0 Å². The minimum Gasteiger partial charge on any atom is -0.497 e. The summed E-state index contributed by atoms with van der Waals surface area (Å²) in [5, 5.41) is 0. The highest BCUT2D eigenvalue weighted by Crippen LogP contribution is 2.46. The van der Waals surface area contributed by atoms with Crippen LogP contribution < -0.4 is 4.74 Å². The summed E-state index contributed by atoms with van der Waals surface area (Å²) in [5.41, 5.74) is 1.50. The average molecular weight is 394 g/mol. The highest BCUT2D eigenvalue weighted by atomic mass is 35.6. The standard InChI is InChI=1S/C16H15Cl3O3S/c1-22-13-7-3-11(4-8-13)15(16(17,18)19)12-5-9-14(10-6-12)23(2,20)21/h3-10,15H,1-2H3/t15-/m1/s1. The average Bonchev–Trinajstić information content (AvgIpc) is 2.46. The number of hydrogen-bond donors (Lipinski definition) is 0. The van der Waals surface area contributed by atoms with Gasteiger partial charge in [0.15, 0.2) is 9.84 Å². The van der Waals surface area contributed by atoms with Crippen molar-refractivity contribution in [1.82, 2.24) is 0 Å². The zero-order valence-corrected chi connectivity index (χ0v) is 15.5. The predicted octanol–water partition coefficient (Wildman–Crippen LogP) is 4.60. The molecule has 0 saturated heterocycles. The van der Waals surface area contributed by atoms with Crippen molar-refractivity contribution >= 4 is 44.6 Å². The minimum atomic E-state index is -3.27. The lowest BCUT2D eigenvalue weighted by atomic mass is 9.92. The molecule has 124 valence electrons. The van der Waals surface area contributed by atoms with E-state index < -0.39 is 19.5 Å². The lowest BCUT2D eigenvalue weighted by molar-refractivity contribution is 0.414. The largest absolute Gasteiger partial charge is 0.497 e. The number of benzene rings is 2. The fourth-order valence-corrected chi connectivity index (χ4v) is 3.66. The van der Waals surface area contributed by atoms with Gasteiger partial charge < -0.3 is 4.74 Å². The highest BCUT2D eigenvalue weighted by molar-refractivity contribution is 7.90. The molecule has 0 aliphatic rings. The predicted molar refractivity (Wildman–Crippen MR) is 94.7 cm³/mol. The van der Waals surface area contributed by atoms with Crippen LogP contribution in [0.1, 0.15) is 17.0 Å². The molecule has 23 heavy (non-hydrogen) atoms. The maximum Gasteiger partial charge on any atom is 0.201 e. The molecule has 0 saturated carbocycles. The molecular formula is C16H15Cl3O3S. The third-order valence-corrected chi connectivity index (χ3v) is 5.20. The van der Waals surface area contributed by atoms with E-state index in [2.05, 4.69) is 0 Å². The van der Waals surface area contributed by atoms with Crippen LogP contribution in [-0.4, -0.2) is 25.6 Å². The number of alkyl halides is 3. The molecule has 0 bridgehead atoms. The summed E-state index contributed by atoms with van der Waals surface area (Å²) in [7, 11) is -1.70. The van der Waals surface area contributed by atoms with Gasteiger partial charge in [0, 0.05) is 6.26 Å². The Labute approximate surface area is 151 Å². The summed E-state index contributed by atoms with van der Waals surface area (Å²) in [4.78, 5) is 0.221. The van der Waals surface area contributed by atoms with Gasteiger partial charge in [0.2, 0.25) is 3.79 Å². The molecule has 0 spiro atoms. The Kier molecular flexibility index (Phi) is 5.52. The zero-order chi connectivity index (χ0) is 17.3. The van der Waals surface area contributed by atoms with Crippen molar-refractivity contribution in [3.63, 3.8) is 0 Å². The summed E-state index contributed by atoms with van der Waals surface area (Å²) < 4.78 is 26.7. The summed E-state index contributed by atoms with van der Waals surface area (Å²) in [5.74, 6) is 0.163. The van der Waals surface area contributed by atoms with E-state index >= 15 is 0 Å². The van der Waals surface area contributed by atoms with E-state index in [1.807, 2.05) is 12.1 Å². The Bertz CT molecular complexity index is 764. The fraction of sp³-hybridized carbons (Fsp3) is 0.250. The van der Waals surface area contributed by atoms with Gasteiger partial charge in [-0.05, 0) is 35.4 Å². The first-order valence-corrected chi connectivity index (χ1v) is 9.66. The van der Waals surface area contributed by atoms with Gasteiger partial charge in [-0.25, -0.2) is 8.42 Å². The van der Waals surface area contributed by atoms with Crippen molar-refractivity contribution in [2.75, 3.05) is 13.4 Å². The normalized spacial score (nSPS) is 13.6. The molecular weight excluding hydrogens is 379 g/mol. The third-order valence-electron chi connectivity index (χ3n) is 3.42. The highest BCUT2D eigenvalue weighted by Gasteiger charge is 2.35. The Morgan fingerprint density at radius 3 is 1.70 bits per heavy atom. The molecule has 2 aromatic rings. The molecule has 0 aliphatic heterocycles. The Morgan fingerprint density at radius 1 is 0.913 bits per heavy atom. The first-order chi connectivity index (χ1) is 10.6. The van der Waals surface area contributed by atoms with Crippen LogP contribution in [0.25, 0.3) is 0 Å². The summed E-state index contributed by atoms with van der Waals surface area (Å²) in [6.45, 7) is 0. The molecule has 0 N–H and O–H groups in total. The SMILES string of the molecule is COc1ccc([C@H](c2ccc(S(C)(=O)=O)cc2)C(Cl)(Cl)Cl)cc1. The first-order valence-electron chi connectivity index (χ1n) is 6.63. The van der Waals surface area contributed by atoms with Gasteiger partial charge >= 0.3 is 0 Å². The maximum absolute atomic E-state index is 11.6. The van der Waals surface area contributed by atoms with Crippen LogP contribution in [0.3, 0.4) is 0 Å². The molecule has 0 radical (unpaired) electrons. The molecule has 2 aromatic carbocycles. The summed E-state index contributed by atoms with van der Waals surface area (Å²) >= 11 is 18.5. The Morgan fingerprint density at radius 2 is 1.35 bits per heavy atom. The van der Waals surface area contributed by atoms with Crippen LogP contribution in [-0.2, 0) is 9.84 Å². The molecule has 0 aromatic heterocycles. The van der Waals surface area contributed by atoms with Gasteiger partial charge in [-0.15, -0.1) is 0 Å². The van der Waals surface area contributed by atoms with Crippen molar-refractivity contribution in [3.05, 3.63) is 59.7 Å². The molecule has 0 aliphatic carbocycles. The van der Waals surface area contributed by atoms with E-state index in [9.17, 15) is 8.42 Å². The fourth-order valence-electron chi connectivity index (χ4n) is 2.27. The molecule has 0 fully saturated rings. The van der Waals surface area contributed by atoms with Crippen LogP contribution in [0.2, 0.25) is 0 Å². The second kappa shape index (κ2) is 6.89.